The van der Waals surface area contributed by atoms with Gasteiger partial charge in [-0.2, -0.15) is 5.26 Å². The highest BCUT2D eigenvalue weighted by Gasteiger charge is 2.29. The molecule has 0 spiro atoms. The number of para-hydroxylation sites is 1. The van der Waals surface area contributed by atoms with Gasteiger partial charge in [-0.05, 0) is 24.3 Å². The minimum atomic E-state index is -1.50. The van der Waals surface area contributed by atoms with Crippen LogP contribution in [0.2, 0.25) is 10.0 Å². The summed E-state index contributed by atoms with van der Waals surface area (Å²) >= 11 is 11.9. The van der Waals surface area contributed by atoms with Crippen molar-refractivity contribution in [3.05, 3.63) is 64.1 Å². The van der Waals surface area contributed by atoms with Crippen LogP contribution in [0.4, 0.5) is 5.69 Å². The molecule has 1 unspecified atom stereocenters. The number of halogens is 2. The molecule has 110 valence electrons. The van der Waals surface area contributed by atoms with Crippen molar-refractivity contribution < 1.29 is 9.59 Å². The minimum Gasteiger partial charge on any atom is -0.323 e. The van der Waals surface area contributed by atoms with Crippen LogP contribution in [0.3, 0.4) is 0 Å². The molecule has 0 bridgehead atoms. The van der Waals surface area contributed by atoms with Crippen molar-refractivity contribution >= 4 is 40.6 Å². The molecule has 0 aromatic heterocycles. The molecule has 4 nitrogen and oxygen atoms in total. The number of carbonyl (C=O) groups is 2. The number of hydrogen-bond acceptors (Lipinski definition) is 3. The zero-order chi connectivity index (χ0) is 16.1. The van der Waals surface area contributed by atoms with Gasteiger partial charge in [0.15, 0.2) is 11.7 Å². The maximum absolute atomic E-state index is 12.3. The first-order valence-corrected chi connectivity index (χ1v) is 7.04. The Kier molecular flexibility index (Phi) is 5.16. The van der Waals surface area contributed by atoms with Gasteiger partial charge in [0.05, 0.1) is 21.8 Å². The highest BCUT2D eigenvalue weighted by atomic mass is 35.5. The lowest BCUT2D eigenvalue weighted by Crippen LogP contribution is -2.29. The summed E-state index contributed by atoms with van der Waals surface area (Å²) in [6.07, 6.45) is 0. The molecule has 0 saturated carbocycles. The number of nitrogens with zero attached hydrogens (tertiary/aromatic N) is 1. The zero-order valence-corrected chi connectivity index (χ0v) is 12.7. The van der Waals surface area contributed by atoms with E-state index in [1.165, 1.54) is 12.1 Å². The van der Waals surface area contributed by atoms with Crippen LogP contribution in [0.15, 0.2) is 48.5 Å². The largest absolute Gasteiger partial charge is 0.323 e. The van der Waals surface area contributed by atoms with Crippen LogP contribution >= 0.6 is 23.2 Å². The first-order chi connectivity index (χ1) is 10.5. The first kappa shape index (κ1) is 16.0. The molecule has 0 fully saturated rings. The van der Waals surface area contributed by atoms with E-state index in [4.69, 9.17) is 28.5 Å². The van der Waals surface area contributed by atoms with Gasteiger partial charge < -0.3 is 5.32 Å². The monoisotopic (exact) mass is 332 g/mol. The molecule has 22 heavy (non-hydrogen) atoms. The summed E-state index contributed by atoms with van der Waals surface area (Å²) in [5, 5.41) is 12.1. The summed E-state index contributed by atoms with van der Waals surface area (Å²) in [5.74, 6) is -2.91. The van der Waals surface area contributed by atoms with Crippen LogP contribution in [0.25, 0.3) is 0 Å². The third-order valence-corrected chi connectivity index (χ3v) is 3.58. The Balaban J connectivity index is 2.24. The Labute approximate surface area is 137 Å². The molecule has 0 heterocycles. The molecule has 2 rings (SSSR count). The van der Waals surface area contributed by atoms with E-state index in [2.05, 4.69) is 5.32 Å². The summed E-state index contributed by atoms with van der Waals surface area (Å²) in [6, 6.07) is 14.5. The van der Waals surface area contributed by atoms with Gasteiger partial charge in [-0.15, -0.1) is 0 Å². The second kappa shape index (κ2) is 7.08. The molecule has 2 aromatic rings. The number of nitriles is 1. The lowest BCUT2D eigenvalue weighted by molar-refractivity contribution is -0.117. The van der Waals surface area contributed by atoms with Crippen molar-refractivity contribution in [2.24, 2.45) is 5.92 Å². The van der Waals surface area contributed by atoms with E-state index in [0.717, 1.165) is 0 Å². The lowest BCUT2D eigenvalue weighted by atomic mass is 9.98. The number of amides is 1. The number of nitrogens with one attached hydrogen (secondary N) is 1. The normalized spacial score (nSPS) is 11.3. The SMILES string of the molecule is N#CC(C(=O)Nc1ccccc1Cl)C(=O)c1ccccc1Cl. The molecule has 6 heteroatoms. The van der Waals surface area contributed by atoms with E-state index >= 15 is 0 Å². The second-order valence-corrected chi connectivity index (χ2v) is 5.19. The van der Waals surface area contributed by atoms with E-state index in [-0.39, 0.29) is 10.6 Å². The van der Waals surface area contributed by atoms with Gasteiger partial charge in [0.1, 0.15) is 0 Å². The Bertz CT molecular complexity index is 769. The number of anilines is 1. The van der Waals surface area contributed by atoms with Crippen LogP contribution in [0.5, 0.6) is 0 Å². The molecule has 0 aliphatic heterocycles. The molecule has 0 radical (unpaired) electrons. The third-order valence-electron chi connectivity index (χ3n) is 2.92. The number of ketones is 1. The van der Waals surface area contributed by atoms with Crippen molar-refractivity contribution in [1.82, 2.24) is 0 Å². The fraction of sp³-hybridized carbons (Fsp3) is 0.0625. The zero-order valence-electron chi connectivity index (χ0n) is 11.2. The molecule has 0 aliphatic carbocycles. The van der Waals surface area contributed by atoms with Crippen LogP contribution in [0.1, 0.15) is 10.4 Å². The number of Topliss-reactive ketones (excluding diaryl/α,β-unsaturated/α-hetero) is 1. The van der Waals surface area contributed by atoms with E-state index in [0.29, 0.717) is 10.7 Å². The van der Waals surface area contributed by atoms with Gasteiger partial charge in [0, 0.05) is 5.56 Å². The predicted octanol–water partition coefficient (Wildman–Crippen LogP) is 3.95. The molecule has 1 N–H and O–H groups in total. The lowest BCUT2D eigenvalue weighted by Gasteiger charge is -2.11. The highest BCUT2D eigenvalue weighted by Crippen LogP contribution is 2.23. The van der Waals surface area contributed by atoms with Crippen molar-refractivity contribution in [2.45, 2.75) is 0 Å². The van der Waals surface area contributed by atoms with Crippen LogP contribution in [0, 0.1) is 17.2 Å². The number of hydrogen-bond donors (Lipinski definition) is 1. The smallest absolute Gasteiger partial charge is 0.249 e. The van der Waals surface area contributed by atoms with Crippen LogP contribution < -0.4 is 5.32 Å². The molecular weight excluding hydrogens is 323 g/mol. The Morgan fingerprint density at radius 1 is 1.00 bits per heavy atom. The Morgan fingerprint density at radius 2 is 1.59 bits per heavy atom. The topological polar surface area (TPSA) is 70.0 Å². The van der Waals surface area contributed by atoms with Crippen LogP contribution in [-0.4, -0.2) is 11.7 Å². The van der Waals surface area contributed by atoms with E-state index in [1.54, 1.807) is 42.5 Å². The quantitative estimate of drug-likeness (QED) is 0.680. The number of carbonyl (C=O) groups excluding carboxylic acids is 2. The average Bonchev–Trinajstić information content (AvgIpc) is 2.50. The first-order valence-electron chi connectivity index (χ1n) is 6.28. The van der Waals surface area contributed by atoms with Crippen molar-refractivity contribution in [1.29, 1.82) is 5.26 Å². The van der Waals surface area contributed by atoms with Crippen LogP contribution in [-0.2, 0) is 4.79 Å². The van der Waals surface area contributed by atoms with Gasteiger partial charge in [0.2, 0.25) is 5.91 Å². The summed E-state index contributed by atoms with van der Waals surface area (Å²) in [7, 11) is 0. The molecule has 1 atom stereocenters. The number of benzene rings is 2. The summed E-state index contributed by atoms with van der Waals surface area (Å²) < 4.78 is 0. The van der Waals surface area contributed by atoms with Gasteiger partial charge in [-0.3, -0.25) is 9.59 Å². The average molecular weight is 333 g/mol. The maximum atomic E-state index is 12.3. The Morgan fingerprint density at radius 3 is 2.18 bits per heavy atom. The predicted molar refractivity (Wildman–Crippen MR) is 85.0 cm³/mol. The molecule has 0 aliphatic rings. The fourth-order valence-corrected chi connectivity index (χ4v) is 2.23. The maximum Gasteiger partial charge on any atom is 0.249 e. The van der Waals surface area contributed by atoms with Gasteiger partial charge in [-0.25, -0.2) is 0 Å². The molecular formula is C16H10Cl2N2O2. The Hall–Kier alpha value is -2.35. The molecule has 0 saturated heterocycles. The van der Waals surface area contributed by atoms with E-state index < -0.39 is 17.6 Å². The number of rotatable bonds is 4. The summed E-state index contributed by atoms with van der Waals surface area (Å²) in [4.78, 5) is 24.5. The minimum absolute atomic E-state index is 0.130. The third kappa shape index (κ3) is 3.45. The van der Waals surface area contributed by atoms with E-state index in [1.807, 2.05) is 0 Å². The van der Waals surface area contributed by atoms with E-state index in [9.17, 15) is 9.59 Å². The molecule has 1 amide bonds. The van der Waals surface area contributed by atoms with Gasteiger partial charge in [0.25, 0.3) is 0 Å². The highest BCUT2D eigenvalue weighted by molar-refractivity contribution is 6.35. The standard InChI is InChI=1S/C16H10Cl2N2O2/c17-12-6-2-1-5-10(12)15(21)11(9-19)16(22)20-14-8-4-3-7-13(14)18/h1-8,11H,(H,20,22). The molecule has 2 aromatic carbocycles. The van der Waals surface area contributed by atoms with Crippen molar-refractivity contribution in [2.75, 3.05) is 5.32 Å². The second-order valence-electron chi connectivity index (χ2n) is 4.38. The van der Waals surface area contributed by atoms with Crippen molar-refractivity contribution in [3.63, 3.8) is 0 Å². The van der Waals surface area contributed by atoms with Gasteiger partial charge in [-0.1, -0.05) is 47.5 Å². The summed E-state index contributed by atoms with van der Waals surface area (Å²) in [5.41, 5.74) is 0.464. The van der Waals surface area contributed by atoms with Gasteiger partial charge >= 0.3 is 0 Å². The van der Waals surface area contributed by atoms with Crippen molar-refractivity contribution in [3.8, 4) is 6.07 Å². The summed E-state index contributed by atoms with van der Waals surface area (Å²) in [6.45, 7) is 0. The fourth-order valence-electron chi connectivity index (χ4n) is 1.82.